The third kappa shape index (κ3) is 4.04. The minimum Gasteiger partial charge on any atom is -0.388 e. The number of aromatic amines is 1. The Kier molecular flexibility index (Phi) is 5.77. The number of carbonyl (C=O) groups is 1. The number of nitrogens with one attached hydrogen (secondary N) is 3. The summed E-state index contributed by atoms with van der Waals surface area (Å²) >= 11 is 0. The molecule has 0 atom stereocenters. The van der Waals surface area contributed by atoms with E-state index in [2.05, 4.69) is 10.3 Å². The number of rotatable bonds is 5. The van der Waals surface area contributed by atoms with Crippen LogP contribution in [0.2, 0.25) is 0 Å². The summed E-state index contributed by atoms with van der Waals surface area (Å²) in [6.45, 7) is 4.39. The van der Waals surface area contributed by atoms with E-state index in [0.29, 0.717) is 49.0 Å². The van der Waals surface area contributed by atoms with E-state index in [4.69, 9.17) is 15.9 Å². The molecule has 160 valence electrons. The third-order valence-electron chi connectivity index (χ3n) is 5.73. The maximum atomic E-state index is 12.6. The maximum Gasteiger partial charge on any atom is 0.254 e. The quantitative estimate of drug-likeness (QED) is 0.477. The van der Waals surface area contributed by atoms with E-state index in [9.17, 15) is 4.79 Å². The van der Waals surface area contributed by atoms with Crippen LogP contribution >= 0.6 is 0 Å². The second kappa shape index (κ2) is 8.65. The summed E-state index contributed by atoms with van der Waals surface area (Å²) in [6.07, 6.45) is 0. The summed E-state index contributed by atoms with van der Waals surface area (Å²) in [6, 6.07) is 15.2. The van der Waals surface area contributed by atoms with E-state index < -0.39 is 0 Å². The molecule has 2 aromatic carbocycles. The Morgan fingerprint density at radius 3 is 2.52 bits per heavy atom. The van der Waals surface area contributed by atoms with E-state index in [1.165, 1.54) is 0 Å². The molecular weight excluding hydrogens is 390 g/mol. The number of morpholine rings is 1. The number of carbonyl (C=O) groups excluding carboxylic acids is 1. The van der Waals surface area contributed by atoms with Crippen molar-refractivity contribution in [3.05, 3.63) is 70.8 Å². The highest BCUT2D eigenvalue weighted by molar-refractivity contribution is 6.15. The zero-order chi connectivity index (χ0) is 22.0. The van der Waals surface area contributed by atoms with Gasteiger partial charge in [0.1, 0.15) is 5.82 Å². The van der Waals surface area contributed by atoms with E-state index in [1.54, 1.807) is 0 Å². The van der Waals surface area contributed by atoms with Gasteiger partial charge < -0.3 is 25.7 Å². The van der Waals surface area contributed by atoms with Crippen molar-refractivity contribution in [3.63, 3.8) is 0 Å². The fourth-order valence-corrected chi connectivity index (χ4v) is 3.90. The molecule has 0 saturated carbocycles. The van der Waals surface area contributed by atoms with Gasteiger partial charge in [-0.2, -0.15) is 0 Å². The minimum absolute atomic E-state index is 0.0169. The summed E-state index contributed by atoms with van der Waals surface area (Å²) in [7, 11) is 1.87. The molecule has 31 heavy (non-hydrogen) atoms. The molecule has 1 saturated heterocycles. The Morgan fingerprint density at radius 1 is 1.13 bits per heavy atom. The van der Waals surface area contributed by atoms with E-state index in [-0.39, 0.29) is 5.91 Å². The summed E-state index contributed by atoms with van der Waals surface area (Å²) < 4.78 is 5.32. The number of aromatic nitrogens is 1. The Balaban J connectivity index is 1.57. The average molecular weight is 418 g/mol. The second-order valence-corrected chi connectivity index (χ2v) is 7.60. The van der Waals surface area contributed by atoms with E-state index in [1.807, 2.05) is 67.4 Å². The predicted octanol–water partition coefficient (Wildman–Crippen LogP) is 3.50. The van der Waals surface area contributed by atoms with E-state index in [0.717, 1.165) is 28.1 Å². The van der Waals surface area contributed by atoms with Crippen LogP contribution in [0.3, 0.4) is 0 Å². The standard InChI is InChI=1S/C24H27N5O2/c1-15-18(4-3-5-20(15)27-2)22(25)19-14-21(28-23(19)26)16-6-8-17(9-7-16)24(30)29-10-12-31-13-11-29/h3-9,14,25,27-28H,10-13,26H2,1-2H3. The lowest BCUT2D eigenvalue weighted by molar-refractivity contribution is 0.0303. The van der Waals surface area contributed by atoms with Gasteiger partial charge in [-0.05, 0) is 42.3 Å². The Morgan fingerprint density at radius 2 is 1.84 bits per heavy atom. The van der Waals surface area contributed by atoms with Crippen LogP contribution in [0.25, 0.3) is 11.3 Å². The molecule has 3 aromatic rings. The molecule has 7 heteroatoms. The first-order valence-electron chi connectivity index (χ1n) is 10.3. The number of nitrogen functional groups attached to an aromatic ring is 1. The topological polar surface area (TPSA) is 107 Å². The van der Waals surface area contributed by atoms with Crippen LogP contribution in [0, 0.1) is 12.3 Å². The highest BCUT2D eigenvalue weighted by Crippen LogP contribution is 2.28. The normalized spacial score (nSPS) is 13.8. The molecule has 0 bridgehead atoms. The van der Waals surface area contributed by atoms with Gasteiger partial charge in [-0.25, -0.2) is 0 Å². The van der Waals surface area contributed by atoms with Crippen molar-refractivity contribution in [1.82, 2.24) is 9.88 Å². The number of nitrogens with zero attached hydrogens (tertiary/aromatic N) is 1. The molecule has 1 aromatic heterocycles. The first kappa shape index (κ1) is 20.7. The van der Waals surface area contributed by atoms with Crippen LogP contribution < -0.4 is 11.1 Å². The number of benzene rings is 2. The molecule has 1 amide bonds. The zero-order valence-corrected chi connectivity index (χ0v) is 17.8. The second-order valence-electron chi connectivity index (χ2n) is 7.60. The lowest BCUT2D eigenvalue weighted by Gasteiger charge is -2.26. The molecular formula is C24H27N5O2. The van der Waals surface area contributed by atoms with Gasteiger partial charge in [0.2, 0.25) is 0 Å². The van der Waals surface area contributed by atoms with Crippen LogP contribution in [-0.4, -0.2) is 54.9 Å². The van der Waals surface area contributed by atoms with Crippen LogP contribution in [0.1, 0.15) is 27.0 Å². The Labute approximate surface area is 181 Å². The molecule has 0 unspecified atom stereocenters. The smallest absolute Gasteiger partial charge is 0.254 e. The monoisotopic (exact) mass is 417 g/mol. The number of hydrogen-bond acceptors (Lipinski definition) is 5. The first-order chi connectivity index (χ1) is 15.0. The number of anilines is 2. The number of ether oxygens (including phenoxy) is 1. The van der Waals surface area contributed by atoms with Gasteiger partial charge >= 0.3 is 0 Å². The van der Waals surface area contributed by atoms with Gasteiger partial charge in [0, 0.05) is 48.2 Å². The van der Waals surface area contributed by atoms with Crippen molar-refractivity contribution < 1.29 is 9.53 Å². The lowest BCUT2D eigenvalue weighted by Crippen LogP contribution is -2.40. The highest BCUT2D eigenvalue weighted by atomic mass is 16.5. The summed E-state index contributed by atoms with van der Waals surface area (Å²) in [5, 5.41) is 11.9. The Bertz CT molecular complexity index is 1110. The van der Waals surface area contributed by atoms with Crippen molar-refractivity contribution in [1.29, 1.82) is 5.41 Å². The minimum atomic E-state index is 0.0169. The van der Waals surface area contributed by atoms with Crippen LogP contribution in [0.15, 0.2) is 48.5 Å². The number of hydrogen-bond donors (Lipinski definition) is 4. The summed E-state index contributed by atoms with van der Waals surface area (Å²) in [5.41, 5.74) is 12.4. The fourth-order valence-electron chi connectivity index (χ4n) is 3.90. The van der Waals surface area contributed by atoms with Gasteiger partial charge in [0.05, 0.1) is 18.9 Å². The summed E-state index contributed by atoms with van der Waals surface area (Å²) in [5.74, 6) is 0.464. The largest absolute Gasteiger partial charge is 0.388 e. The molecule has 0 radical (unpaired) electrons. The lowest BCUT2D eigenvalue weighted by atomic mass is 9.97. The number of nitrogens with two attached hydrogens (primary N) is 1. The van der Waals surface area contributed by atoms with Gasteiger partial charge in [-0.15, -0.1) is 0 Å². The molecule has 0 aliphatic carbocycles. The molecule has 2 heterocycles. The maximum absolute atomic E-state index is 12.6. The number of H-pyrrole nitrogens is 1. The van der Waals surface area contributed by atoms with Gasteiger partial charge in [0.15, 0.2) is 0 Å². The Hall–Kier alpha value is -3.58. The van der Waals surface area contributed by atoms with E-state index >= 15 is 0 Å². The molecule has 1 aliphatic heterocycles. The first-order valence-corrected chi connectivity index (χ1v) is 10.3. The molecule has 5 N–H and O–H groups in total. The van der Waals surface area contributed by atoms with Crippen molar-refractivity contribution in [2.24, 2.45) is 0 Å². The number of amides is 1. The van der Waals surface area contributed by atoms with Crippen molar-refractivity contribution >= 4 is 23.1 Å². The highest BCUT2D eigenvalue weighted by Gasteiger charge is 2.19. The average Bonchev–Trinajstić information content (AvgIpc) is 3.20. The molecule has 7 nitrogen and oxygen atoms in total. The summed E-state index contributed by atoms with van der Waals surface area (Å²) in [4.78, 5) is 17.6. The SMILES string of the molecule is CNc1cccc(C(=N)c2cc(-c3ccc(C(=O)N4CCOCC4)cc3)[nH]c2N)c1C. The third-order valence-corrected chi connectivity index (χ3v) is 5.73. The van der Waals surface area contributed by atoms with Crippen molar-refractivity contribution in [3.8, 4) is 11.3 Å². The van der Waals surface area contributed by atoms with Crippen molar-refractivity contribution in [2.75, 3.05) is 44.4 Å². The van der Waals surface area contributed by atoms with Crippen LogP contribution in [0.5, 0.6) is 0 Å². The van der Waals surface area contributed by atoms with Gasteiger partial charge in [-0.3, -0.25) is 10.2 Å². The molecule has 1 fully saturated rings. The molecule has 4 rings (SSSR count). The predicted molar refractivity (Wildman–Crippen MR) is 124 cm³/mol. The van der Waals surface area contributed by atoms with Crippen molar-refractivity contribution in [2.45, 2.75) is 6.92 Å². The zero-order valence-electron chi connectivity index (χ0n) is 17.8. The van der Waals surface area contributed by atoms with Gasteiger partial charge in [-0.1, -0.05) is 24.3 Å². The molecule has 1 aliphatic rings. The van der Waals surface area contributed by atoms with Crippen LogP contribution in [0.4, 0.5) is 11.5 Å². The van der Waals surface area contributed by atoms with Gasteiger partial charge in [0.25, 0.3) is 5.91 Å². The molecule has 0 spiro atoms. The van der Waals surface area contributed by atoms with Crippen LogP contribution in [-0.2, 0) is 4.74 Å². The fraction of sp³-hybridized carbons (Fsp3) is 0.250.